The van der Waals surface area contributed by atoms with Crippen molar-refractivity contribution in [1.29, 1.82) is 0 Å². The first-order valence-electron chi connectivity index (χ1n) is 5.04. The third-order valence-corrected chi connectivity index (χ3v) is 2.15. The Hall–Kier alpha value is -1.42. The Morgan fingerprint density at radius 3 is 2.87 bits per heavy atom. The van der Waals surface area contributed by atoms with Crippen LogP contribution in [0.25, 0.3) is 5.65 Å². The average molecular weight is 204 g/mol. The standard InChI is InChI=1S/C11H16N4/c1-8-4-10-13-6-9(5-11(2,3)12)7-15(10)14-8/h4,6-7H,5,12H2,1-3H3. The smallest absolute Gasteiger partial charge is 0.155 e. The van der Waals surface area contributed by atoms with E-state index in [0.29, 0.717) is 0 Å². The largest absolute Gasteiger partial charge is 0.325 e. The first-order valence-corrected chi connectivity index (χ1v) is 5.04. The van der Waals surface area contributed by atoms with E-state index < -0.39 is 0 Å². The lowest BCUT2D eigenvalue weighted by atomic mass is 9.98. The predicted octanol–water partition coefficient (Wildman–Crippen LogP) is 1.32. The van der Waals surface area contributed by atoms with Gasteiger partial charge in [0.15, 0.2) is 5.65 Å². The van der Waals surface area contributed by atoms with Gasteiger partial charge < -0.3 is 5.73 Å². The summed E-state index contributed by atoms with van der Waals surface area (Å²) in [6, 6.07) is 1.96. The lowest BCUT2D eigenvalue weighted by Crippen LogP contribution is -2.34. The van der Waals surface area contributed by atoms with Crippen molar-refractivity contribution >= 4 is 5.65 Å². The summed E-state index contributed by atoms with van der Waals surface area (Å²) in [6.07, 6.45) is 4.66. The van der Waals surface area contributed by atoms with Gasteiger partial charge in [-0.1, -0.05) is 0 Å². The summed E-state index contributed by atoms with van der Waals surface area (Å²) in [7, 11) is 0. The van der Waals surface area contributed by atoms with Crippen molar-refractivity contribution < 1.29 is 0 Å². The second-order valence-corrected chi connectivity index (χ2v) is 4.72. The highest BCUT2D eigenvalue weighted by Gasteiger charge is 2.12. The maximum absolute atomic E-state index is 5.96. The van der Waals surface area contributed by atoms with Crippen LogP contribution < -0.4 is 5.73 Å². The molecule has 0 spiro atoms. The van der Waals surface area contributed by atoms with Crippen molar-refractivity contribution in [3.8, 4) is 0 Å². The van der Waals surface area contributed by atoms with Crippen LogP contribution in [0, 0.1) is 6.92 Å². The fraction of sp³-hybridized carbons (Fsp3) is 0.455. The molecule has 15 heavy (non-hydrogen) atoms. The summed E-state index contributed by atoms with van der Waals surface area (Å²) in [6.45, 7) is 5.97. The van der Waals surface area contributed by atoms with Gasteiger partial charge in [0.05, 0.1) is 5.69 Å². The van der Waals surface area contributed by atoms with Crippen LogP contribution in [-0.4, -0.2) is 20.1 Å². The van der Waals surface area contributed by atoms with Crippen molar-refractivity contribution in [2.24, 2.45) is 5.73 Å². The number of nitrogens with two attached hydrogens (primary N) is 1. The summed E-state index contributed by atoms with van der Waals surface area (Å²) in [5.74, 6) is 0. The summed E-state index contributed by atoms with van der Waals surface area (Å²) in [5.41, 5.74) is 8.72. The van der Waals surface area contributed by atoms with Gasteiger partial charge in [-0.3, -0.25) is 0 Å². The zero-order valence-electron chi connectivity index (χ0n) is 9.36. The van der Waals surface area contributed by atoms with Gasteiger partial charge in [-0.05, 0) is 32.8 Å². The van der Waals surface area contributed by atoms with Crippen molar-refractivity contribution in [1.82, 2.24) is 14.6 Å². The van der Waals surface area contributed by atoms with Gasteiger partial charge >= 0.3 is 0 Å². The van der Waals surface area contributed by atoms with Crippen LogP contribution >= 0.6 is 0 Å². The minimum atomic E-state index is -0.211. The molecule has 2 rings (SSSR count). The van der Waals surface area contributed by atoms with E-state index in [4.69, 9.17) is 5.73 Å². The Labute approximate surface area is 89.1 Å². The number of aryl methyl sites for hydroxylation is 1. The fourth-order valence-corrected chi connectivity index (χ4v) is 1.65. The Balaban J connectivity index is 2.38. The zero-order chi connectivity index (χ0) is 11.1. The van der Waals surface area contributed by atoms with E-state index in [9.17, 15) is 0 Å². The van der Waals surface area contributed by atoms with Gasteiger partial charge in [-0.15, -0.1) is 0 Å². The van der Waals surface area contributed by atoms with E-state index in [1.807, 2.05) is 39.2 Å². The molecule has 2 N–H and O–H groups in total. The lowest BCUT2D eigenvalue weighted by Gasteiger charge is -2.17. The van der Waals surface area contributed by atoms with Gasteiger partial charge in [-0.2, -0.15) is 5.10 Å². The number of rotatable bonds is 2. The van der Waals surface area contributed by atoms with Crippen LogP contribution in [0.15, 0.2) is 18.5 Å². The first kappa shape index (κ1) is 10.1. The summed E-state index contributed by atoms with van der Waals surface area (Å²) < 4.78 is 1.80. The Kier molecular flexibility index (Phi) is 2.23. The van der Waals surface area contributed by atoms with Gasteiger partial charge in [-0.25, -0.2) is 9.50 Å². The number of hydrogen-bond acceptors (Lipinski definition) is 3. The number of aromatic nitrogens is 3. The molecule has 2 aromatic heterocycles. The molecule has 2 heterocycles. The maximum atomic E-state index is 5.96. The van der Waals surface area contributed by atoms with Gasteiger partial charge in [0.2, 0.25) is 0 Å². The molecule has 0 aliphatic carbocycles. The molecule has 0 atom stereocenters. The highest BCUT2D eigenvalue weighted by atomic mass is 15.2. The quantitative estimate of drug-likeness (QED) is 0.802. The molecular weight excluding hydrogens is 188 g/mol. The van der Waals surface area contributed by atoms with Gasteiger partial charge in [0.1, 0.15) is 0 Å². The monoisotopic (exact) mass is 204 g/mol. The van der Waals surface area contributed by atoms with Gasteiger partial charge in [0.25, 0.3) is 0 Å². The number of nitrogens with zero attached hydrogens (tertiary/aromatic N) is 3. The molecule has 0 saturated heterocycles. The van der Waals surface area contributed by atoms with E-state index in [1.54, 1.807) is 4.52 Å². The zero-order valence-corrected chi connectivity index (χ0v) is 9.36. The topological polar surface area (TPSA) is 56.2 Å². The van der Waals surface area contributed by atoms with E-state index in [1.165, 1.54) is 0 Å². The van der Waals surface area contributed by atoms with Crippen LogP contribution in [0.3, 0.4) is 0 Å². The van der Waals surface area contributed by atoms with Crippen LogP contribution in [0.4, 0.5) is 0 Å². The molecule has 0 fully saturated rings. The maximum Gasteiger partial charge on any atom is 0.155 e. The molecule has 0 saturated carbocycles. The minimum Gasteiger partial charge on any atom is -0.325 e. The van der Waals surface area contributed by atoms with Crippen LogP contribution in [0.2, 0.25) is 0 Å². The molecule has 4 heteroatoms. The molecule has 0 aliphatic rings. The molecule has 0 radical (unpaired) electrons. The molecule has 0 bridgehead atoms. The fourth-order valence-electron chi connectivity index (χ4n) is 1.65. The van der Waals surface area contributed by atoms with Gasteiger partial charge in [0, 0.05) is 24.0 Å². The molecule has 0 aliphatic heterocycles. The Morgan fingerprint density at radius 2 is 2.20 bits per heavy atom. The Morgan fingerprint density at radius 1 is 1.47 bits per heavy atom. The number of fused-ring (bicyclic) bond motifs is 1. The second kappa shape index (κ2) is 3.31. The van der Waals surface area contributed by atoms with Crippen molar-refractivity contribution in [3.63, 3.8) is 0 Å². The van der Waals surface area contributed by atoms with E-state index >= 15 is 0 Å². The molecule has 0 amide bonds. The normalized spacial score (nSPS) is 12.3. The van der Waals surface area contributed by atoms with Crippen molar-refractivity contribution in [2.45, 2.75) is 32.7 Å². The van der Waals surface area contributed by atoms with Crippen LogP contribution in [-0.2, 0) is 6.42 Å². The highest BCUT2D eigenvalue weighted by molar-refractivity contribution is 5.39. The number of hydrogen-bond donors (Lipinski definition) is 1. The molecule has 80 valence electrons. The van der Waals surface area contributed by atoms with E-state index in [0.717, 1.165) is 23.3 Å². The summed E-state index contributed by atoms with van der Waals surface area (Å²) in [5, 5.41) is 4.32. The molecular formula is C11H16N4. The Bertz CT molecular complexity index is 479. The highest BCUT2D eigenvalue weighted by Crippen LogP contribution is 2.10. The summed E-state index contributed by atoms with van der Waals surface area (Å²) in [4.78, 5) is 4.33. The van der Waals surface area contributed by atoms with Crippen LogP contribution in [0.5, 0.6) is 0 Å². The minimum absolute atomic E-state index is 0.211. The van der Waals surface area contributed by atoms with E-state index in [-0.39, 0.29) is 5.54 Å². The molecule has 0 unspecified atom stereocenters. The first-order chi connectivity index (χ1) is 6.94. The van der Waals surface area contributed by atoms with E-state index in [2.05, 4.69) is 10.1 Å². The average Bonchev–Trinajstić information content (AvgIpc) is 2.40. The second-order valence-electron chi connectivity index (χ2n) is 4.72. The van der Waals surface area contributed by atoms with Crippen LogP contribution in [0.1, 0.15) is 25.1 Å². The molecule has 0 aromatic carbocycles. The molecule has 4 nitrogen and oxygen atoms in total. The third-order valence-electron chi connectivity index (χ3n) is 2.15. The summed E-state index contributed by atoms with van der Waals surface area (Å²) >= 11 is 0. The lowest BCUT2D eigenvalue weighted by molar-refractivity contribution is 0.514. The third kappa shape index (κ3) is 2.33. The van der Waals surface area contributed by atoms with Crippen molar-refractivity contribution in [2.75, 3.05) is 0 Å². The molecule has 2 aromatic rings. The predicted molar refractivity (Wildman–Crippen MR) is 59.7 cm³/mol. The van der Waals surface area contributed by atoms with Crippen molar-refractivity contribution in [3.05, 3.63) is 29.7 Å². The SMILES string of the molecule is Cc1cc2ncc(CC(C)(C)N)cn2n1.